The van der Waals surface area contributed by atoms with Gasteiger partial charge in [0.15, 0.2) is 0 Å². The van der Waals surface area contributed by atoms with Crippen molar-refractivity contribution in [1.82, 2.24) is 4.31 Å². The van der Waals surface area contributed by atoms with Crippen molar-refractivity contribution in [2.24, 2.45) is 0 Å². The van der Waals surface area contributed by atoms with Crippen molar-refractivity contribution in [3.63, 3.8) is 0 Å². The molecule has 1 aliphatic rings. The molecule has 2 aromatic rings. The molecule has 1 aliphatic heterocycles. The molecule has 0 saturated carbocycles. The summed E-state index contributed by atoms with van der Waals surface area (Å²) in [5.74, 6) is 0.291. The molecule has 3 rings (SSSR count). The highest BCUT2D eigenvalue weighted by Gasteiger charge is 2.24. The number of sulfonamides is 1. The van der Waals surface area contributed by atoms with Crippen LogP contribution in [-0.4, -0.2) is 45.0 Å². The van der Waals surface area contributed by atoms with Gasteiger partial charge in [-0.2, -0.15) is 4.31 Å². The van der Waals surface area contributed by atoms with Gasteiger partial charge in [-0.25, -0.2) is 13.2 Å². The molecular formula is C24H29NO5S. The second-order valence-corrected chi connectivity index (χ2v) is 9.44. The molecule has 0 aliphatic carbocycles. The number of rotatable bonds is 8. The Morgan fingerprint density at radius 2 is 1.65 bits per heavy atom. The van der Waals surface area contributed by atoms with Gasteiger partial charge in [-0.1, -0.05) is 43.2 Å². The number of esters is 1. The number of carbonyl (C=O) groups is 1. The lowest BCUT2D eigenvalue weighted by Gasteiger charge is -2.19. The van der Waals surface area contributed by atoms with E-state index in [1.807, 2.05) is 31.2 Å². The third-order valence-electron chi connectivity index (χ3n) is 5.17. The van der Waals surface area contributed by atoms with Crippen LogP contribution in [0.25, 0.3) is 6.08 Å². The van der Waals surface area contributed by atoms with Crippen molar-refractivity contribution < 1.29 is 22.7 Å². The van der Waals surface area contributed by atoms with Crippen molar-refractivity contribution in [1.29, 1.82) is 0 Å². The minimum atomic E-state index is -3.47. The van der Waals surface area contributed by atoms with Crippen LogP contribution < -0.4 is 4.74 Å². The van der Waals surface area contributed by atoms with E-state index in [1.165, 1.54) is 6.08 Å². The summed E-state index contributed by atoms with van der Waals surface area (Å²) in [6, 6.07) is 14.2. The fourth-order valence-electron chi connectivity index (χ4n) is 3.41. The van der Waals surface area contributed by atoms with Gasteiger partial charge in [-0.05, 0) is 55.2 Å². The third kappa shape index (κ3) is 6.67. The Hall–Kier alpha value is -2.64. The lowest BCUT2D eigenvalue weighted by molar-refractivity contribution is -0.138. The minimum Gasteiger partial charge on any atom is -0.490 e. The second kappa shape index (κ2) is 11.1. The first-order valence-corrected chi connectivity index (χ1v) is 12.0. The average molecular weight is 444 g/mol. The van der Waals surface area contributed by atoms with Gasteiger partial charge in [0.05, 0.1) is 4.90 Å². The lowest BCUT2D eigenvalue weighted by atomic mass is 10.2. The summed E-state index contributed by atoms with van der Waals surface area (Å²) in [6.45, 7) is 3.51. The molecule has 0 aromatic heterocycles. The van der Waals surface area contributed by atoms with Crippen LogP contribution in [0.1, 0.15) is 36.8 Å². The number of para-hydroxylation sites is 1. The number of nitrogens with zero attached hydrogens (tertiary/aromatic N) is 1. The highest BCUT2D eigenvalue weighted by atomic mass is 32.2. The summed E-state index contributed by atoms with van der Waals surface area (Å²) in [4.78, 5) is 12.2. The van der Waals surface area contributed by atoms with Gasteiger partial charge in [0.25, 0.3) is 0 Å². The smallest absolute Gasteiger partial charge is 0.330 e. The molecule has 6 nitrogen and oxygen atoms in total. The average Bonchev–Trinajstić information content (AvgIpc) is 3.07. The van der Waals surface area contributed by atoms with E-state index in [1.54, 1.807) is 34.6 Å². The molecule has 31 heavy (non-hydrogen) atoms. The summed E-state index contributed by atoms with van der Waals surface area (Å²) >= 11 is 0. The fourth-order valence-corrected chi connectivity index (χ4v) is 4.92. The summed E-state index contributed by atoms with van der Waals surface area (Å²) in [5.41, 5.74) is 1.75. The molecule has 0 radical (unpaired) electrons. The molecule has 1 heterocycles. The number of carbonyl (C=O) groups excluding carboxylic acids is 1. The summed E-state index contributed by atoms with van der Waals surface area (Å²) in [6.07, 6.45) is 6.88. The zero-order valence-electron chi connectivity index (χ0n) is 17.8. The van der Waals surface area contributed by atoms with E-state index in [2.05, 4.69) is 0 Å². The van der Waals surface area contributed by atoms with Crippen LogP contribution in [0.15, 0.2) is 59.5 Å². The third-order valence-corrected chi connectivity index (χ3v) is 7.09. The van der Waals surface area contributed by atoms with Gasteiger partial charge in [0.2, 0.25) is 10.0 Å². The van der Waals surface area contributed by atoms with E-state index < -0.39 is 16.0 Å². The Labute approximate surface area is 184 Å². The van der Waals surface area contributed by atoms with Gasteiger partial charge in [0, 0.05) is 19.2 Å². The lowest BCUT2D eigenvalue weighted by Crippen LogP contribution is -2.31. The molecule has 166 valence electrons. The molecule has 0 amide bonds. The molecule has 7 heteroatoms. The maximum Gasteiger partial charge on any atom is 0.330 e. The Bertz CT molecular complexity index is 991. The number of benzene rings is 2. The number of aryl methyl sites for hydroxylation is 1. The van der Waals surface area contributed by atoms with E-state index in [0.717, 1.165) is 42.6 Å². The first-order chi connectivity index (χ1) is 15.0. The van der Waals surface area contributed by atoms with E-state index in [0.29, 0.717) is 13.1 Å². The standard InChI is InChI=1S/C24H29NO5S/c1-20-8-4-5-9-23(20)29-18-19-30-24(26)15-12-21-10-13-22(14-11-21)31(27,28)25-16-6-2-3-7-17-25/h4-5,8-15H,2-3,6-7,16-19H2,1H3/b15-12+. The zero-order chi connectivity index (χ0) is 22.1. The zero-order valence-corrected chi connectivity index (χ0v) is 18.6. The van der Waals surface area contributed by atoms with E-state index in [-0.39, 0.29) is 18.1 Å². The molecule has 0 N–H and O–H groups in total. The minimum absolute atomic E-state index is 0.143. The van der Waals surface area contributed by atoms with Crippen LogP contribution in [0, 0.1) is 6.92 Å². The summed E-state index contributed by atoms with van der Waals surface area (Å²) in [5, 5.41) is 0. The highest BCUT2D eigenvalue weighted by molar-refractivity contribution is 7.89. The van der Waals surface area contributed by atoms with Gasteiger partial charge in [-0.3, -0.25) is 0 Å². The topological polar surface area (TPSA) is 72.9 Å². The largest absolute Gasteiger partial charge is 0.490 e. The first-order valence-electron chi connectivity index (χ1n) is 10.6. The first kappa shape index (κ1) is 23.0. The van der Waals surface area contributed by atoms with Crippen LogP contribution in [0.5, 0.6) is 5.75 Å². The molecule has 1 fully saturated rings. The van der Waals surface area contributed by atoms with E-state index in [4.69, 9.17) is 9.47 Å². The monoisotopic (exact) mass is 443 g/mol. The fraction of sp³-hybridized carbons (Fsp3) is 0.375. The molecule has 2 aromatic carbocycles. The Morgan fingerprint density at radius 1 is 0.968 bits per heavy atom. The SMILES string of the molecule is Cc1ccccc1OCCOC(=O)/C=C/c1ccc(S(=O)(=O)N2CCCCCC2)cc1. The van der Waals surface area contributed by atoms with Crippen LogP contribution in [-0.2, 0) is 19.6 Å². The van der Waals surface area contributed by atoms with Crippen LogP contribution in [0.3, 0.4) is 0 Å². The summed E-state index contributed by atoms with van der Waals surface area (Å²) in [7, 11) is -3.47. The predicted molar refractivity (Wildman–Crippen MR) is 120 cm³/mol. The van der Waals surface area contributed by atoms with Crippen molar-refractivity contribution >= 4 is 22.1 Å². The van der Waals surface area contributed by atoms with Crippen molar-refractivity contribution in [2.75, 3.05) is 26.3 Å². The van der Waals surface area contributed by atoms with Gasteiger partial charge in [0.1, 0.15) is 19.0 Å². The van der Waals surface area contributed by atoms with E-state index in [9.17, 15) is 13.2 Å². The Kier molecular flexibility index (Phi) is 8.26. The normalized spacial score (nSPS) is 15.5. The number of hydrogen-bond acceptors (Lipinski definition) is 5. The van der Waals surface area contributed by atoms with Gasteiger partial charge < -0.3 is 9.47 Å². The maximum atomic E-state index is 12.8. The molecule has 0 bridgehead atoms. The molecule has 0 atom stereocenters. The van der Waals surface area contributed by atoms with Crippen molar-refractivity contribution in [2.45, 2.75) is 37.5 Å². The molecular weight excluding hydrogens is 414 g/mol. The number of ether oxygens (including phenoxy) is 2. The quantitative estimate of drug-likeness (QED) is 0.347. The van der Waals surface area contributed by atoms with Crippen LogP contribution in [0.2, 0.25) is 0 Å². The Morgan fingerprint density at radius 3 is 2.32 bits per heavy atom. The predicted octanol–water partition coefficient (Wildman–Crippen LogP) is 4.20. The van der Waals surface area contributed by atoms with Crippen LogP contribution in [0.4, 0.5) is 0 Å². The molecule has 1 saturated heterocycles. The van der Waals surface area contributed by atoms with Crippen LogP contribution >= 0.6 is 0 Å². The summed E-state index contributed by atoms with van der Waals surface area (Å²) < 4.78 is 37.9. The van der Waals surface area contributed by atoms with Gasteiger partial charge in [-0.15, -0.1) is 0 Å². The number of hydrogen-bond donors (Lipinski definition) is 0. The molecule has 0 spiro atoms. The Balaban J connectivity index is 1.48. The second-order valence-electron chi connectivity index (χ2n) is 7.50. The molecule has 0 unspecified atom stereocenters. The van der Waals surface area contributed by atoms with Crippen molar-refractivity contribution in [3.8, 4) is 5.75 Å². The van der Waals surface area contributed by atoms with E-state index >= 15 is 0 Å². The maximum absolute atomic E-state index is 12.8. The highest BCUT2D eigenvalue weighted by Crippen LogP contribution is 2.21. The van der Waals surface area contributed by atoms with Gasteiger partial charge >= 0.3 is 5.97 Å². The van der Waals surface area contributed by atoms with Crippen molar-refractivity contribution in [3.05, 3.63) is 65.7 Å².